The van der Waals surface area contributed by atoms with Crippen LogP contribution in [0.1, 0.15) is 293 Å². The number of aliphatic hydroxyl groups excluding tert-OH is 1. The molecule has 2 unspecified atom stereocenters. The molecule has 0 saturated heterocycles. The number of esters is 1. The van der Waals surface area contributed by atoms with E-state index in [1.54, 1.807) is 0 Å². The van der Waals surface area contributed by atoms with E-state index in [0.29, 0.717) is 45.9 Å². The van der Waals surface area contributed by atoms with E-state index in [0.717, 1.165) is 58.0 Å². The molecule has 0 aliphatic rings. The van der Waals surface area contributed by atoms with Gasteiger partial charge >= 0.3 is 5.97 Å². The fraction of sp³-hybridized carbons (Fsp3) is 0.819. The van der Waals surface area contributed by atoms with Gasteiger partial charge < -0.3 is 28.2 Å². The Hall–Kier alpha value is -1.86. The van der Waals surface area contributed by atoms with E-state index in [2.05, 4.69) is 161 Å². The monoisotopic (exact) mass is 1170 g/mol. The molecule has 0 aromatic rings. The summed E-state index contributed by atoms with van der Waals surface area (Å²) in [6, 6.07) is 0. The molecule has 0 aromatic heterocycles. The Morgan fingerprint density at radius 1 is 0.395 bits per heavy atom. The number of carbonyl (C=O) groups excluding carboxylic acids is 1. The van der Waals surface area contributed by atoms with Gasteiger partial charge in [0.15, 0.2) is 16.6 Å². The highest BCUT2D eigenvalue weighted by atomic mass is 28.4. The molecule has 0 aliphatic heterocycles. The van der Waals surface area contributed by atoms with Crippen LogP contribution >= 0.6 is 0 Å². The highest BCUT2D eigenvalue weighted by molar-refractivity contribution is 6.74. The summed E-state index contributed by atoms with van der Waals surface area (Å²) in [5, 5.41) is 10.4. The second-order valence-corrected chi connectivity index (χ2v) is 35.8. The fourth-order valence-electron chi connectivity index (χ4n) is 8.52. The Kier molecular flexibility index (Phi) is 57.4. The molecule has 476 valence electrons. The van der Waals surface area contributed by atoms with E-state index in [4.69, 9.17) is 23.1 Å². The van der Waals surface area contributed by atoms with Crippen molar-refractivity contribution in [2.75, 3.05) is 39.6 Å². The van der Waals surface area contributed by atoms with Crippen molar-refractivity contribution in [2.45, 2.75) is 342 Å². The minimum absolute atomic E-state index is 0.104. The van der Waals surface area contributed by atoms with Crippen LogP contribution in [0.3, 0.4) is 0 Å². The normalized spacial score (nSPS) is 13.8. The Balaban J connectivity index is 0. The molecule has 0 bridgehead atoms. The van der Waals surface area contributed by atoms with Crippen LogP contribution in [0.2, 0.25) is 36.3 Å². The van der Waals surface area contributed by atoms with Gasteiger partial charge in [-0.25, -0.2) is 0 Å². The van der Waals surface area contributed by atoms with Crippen molar-refractivity contribution in [3.05, 3.63) is 72.9 Å². The Bertz CT molecular complexity index is 1530. The van der Waals surface area contributed by atoms with Gasteiger partial charge in [0.1, 0.15) is 6.10 Å². The Morgan fingerprint density at radius 3 is 1.02 bits per heavy atom. The van der Waals surface area contributed by atoms with Crippen molar-refractivity contribution in [1.82, 2.24) is 0 Å². The van der Waals surface area contributed by atoms with Gasteiger partial charge in [-0.3, -0.25) is 4.79 Å². The quantitative estimate of drug-likeness (QED) is 0.0281. The Morgan fingerprint density at radius 2 is 0.691 bits per heavy atom. The molecule has 0 saturated carbocycles. The van der Waals surface area contributed by atoms with Gasteiger partial charge in [-0.2, -0.15) is 0 Å². The molecule has 0 heterocycles. The molecule has 0 rings (SSSR count). The van der Waals surface area contributed by atoms with E-state index in [1.807, 2.05) is 0 Å². The summed E-state index contributed by atoms with van der Waals surface area (Å²) in [6.45, 7) is 32.1. The first-order valence-electron chi connectivity index (χ1n) is 34.0. The third-order valence-electron chi connectivity index (χ3n) is 16.2. The molecule has 2 atom stereocenters. The first-order valence-corrected chi connectivity index (χ1v) is 39.9. The highest BCUT2D eigenvalue weighted by Gasteiger charge is 2.38. The topological polar surface area (TPSA) is 83.5 Å². The number of rotatable bonds is 55. The average Bonchev–Trinajstić information content (AvgIpc) is 3.43. The molecular weight excluding hydrogens is 1030 g/mol. The van der Waals surface area contributed by atoms with Crippen LogP contribution < -0.4 is 0 Å². The summed E-state index contributed by atoms with van der Waals surface area (Å²) in [4.78, 5) is 12.7. The molecule has 0 fully saturated rings. The number of hydrogen-bond acceptors (Lipinski definition) is 7. The number of allylic oxidation sites excluding steroid dienone is 12. The molecule has 0 aliphatic carbocycles. The van der Waals surface area contributed by atoms with Crippen LogP contribution in [-0.2, 0) is 27.9 Å². The number of aliphatic hydroxyl groups is 1. The van der Waals surface area contributed by atoms with E-state index in [1.165, 1.54) is 167 Å². The fourth-order valence-corrected chi connectivity index (χ4v) is 10.6. The molecule has 0 amide bonds. The van der Waals surface area contributed by atoms with Gasteiger partial charge in [0.05, 0.1) is 32.5 Å². The zero-order chi connectivity index (χ0) is 60.5. The first-order chi connectivity index (χ1) is 38.8. The van der Waals surface area contributed by atoms with E-state index < -0.39 is 22.7 Å². The predicted molar refractivity (Wildman–Crippen MR) is 362 cm³/mol. The second-order valence-electron chi connectivity index (χ2n) is 26.2. The van der Waals surface area contributed by atoms with Gasteiger partial charge in [0.25, 0.3) is 0 Å². The van der Waals surface area contributed by atoms with Gasteiger partial charge in [-0.1, -0.05) is 302 Å². The molecule has 0 aromatic carbocycles. The molecule has 0 radical (unpaired) electrons. The van der Waals surface area contributed by atoms with Crippen molar-refractivity contribution >= 4 is 22.6 Å². The molecule has 1 N–H and O–H groups in total. The molecule has 9 heteroatoms. The molecule has 7 nitrogen and oxygen atoms in total. The minimum Gasteiger partial charge on any atom is -0.457 e. The molecular formula is C72H138O7Si2. The summed E-state index contributed by atoms with van der Waals surface area (Å²) >= 11 is 0. The lowest BCUT2D eigenvalue weighted by Gasteiger charge is -2.37. The third-order valence-corrected chi connectivity index (χ3v) is 25.2. The third kappa shape index (κ3) is 57.0. The van der Waals surface area contributed by atoms with Crippen LogP contribution in [0.25, 0.3) is 0 Å². The SMILES string of the molecule is CC/C=C\C/C=C\C/C=C\C/C=C\C/C=C\C/C=C\CCC(=O)OC(COCCCCCCCCCCCCCCCC)CO[Si](C)(C)C(C)(C)C.CCCCCCCCCCCCCCCCOCC(O)CO[Si](C)(C)C(C)(C)C. The van der Waals surface area contributed by atoms with Crippen LogP contribution in [0.15, 0.2) is 72.9 Å². The van der Waals surface area contributed by atoms with Crippen LogP contribution in [0.5, 0.6) is 0 Å². The number of hydrogen-bond donors (Lipinski definition) is 1. The summed E-state index contributed by atoms with van der Waals surface area (Å²) in [5.41, 5.74) is 0. The first kappa shape index (κ1) is 81.2. The summed E-state index contributed by atoms with van der Waals surface area (Å²) in [5.74, 6) is -0.177. The van der Waals surface area contributed by atoms with Gasteiger partial charge in [0.2, 0.25) is 0 Å². The zero-order valence-electron chi connectivity index (χ0n) is 56.2. The highest BCUT2D eigenvalue weighted by Crippen LogP contribution is 2.37. The summed E-state index contributed by atoms with van der Waals surface area (Å²) in [6.07, 6.45) is 70.4. The maximum absolute atomic E-state index is 12.7. The van der Waals surface area contributed by atoms with Crippen molar-refractivity contribution in [2.24, 2.45) is 0 Å². The van der Waals surface area contributed by atoms with E-state index >= 15 is 0 Å². The molecule has 81 heavy (non-hydrogen) atoms. The minimum atomic E-state index is -1.95. The van der Waals surface area contributed by atoms with Crippen LogP contribution in [-0.4, -0.2) is 79.6 Å². The number of carbonyl (C=O) groups is 1. The van der Waals surface area contributed by atoms with E-state index in [9.17, 15) is 9.90 Å². The van der Waals surface area contributed by atoms with Crippen molar-refractivity contribution in [3.8, 4) is 0 Å². The summed E-state index contributed by atoms with van der Waals surface area (Å²) in [7, 11) is -3.73. The lowest BCUT2D eigenvalue weighted by atomic mass is 10.0. The Labute approximate surface area is 507 Å². The van der Waals surface area contributed by atoms with Gasteiger partial charge in [0, 0.05) is 19.6 Å². The predicted octanol–water partition coefficient (Wildman–Crippen LogP) is 22.8. The average molecular weight is 1170 g/mol. The largest absolute Gasteiger partial charge is 0.457 e. The van der Waals surface area contributed by atoms with Crippen molar-refractivity contribution < 1.29 is 33.0 Å². The van der Waals surface area contributed by atoms with Gasteiger partial charge in [-0.15, -0.1) is 0 Å². The van der Waals surface area contributed by atoms with Crippen LogP contribution in [0, 0.1) is 0 Å². The number of ether oxygens (including phenoxy) is 3. The lowest BCUT2D eigenvalue weighted by molar-refractivity contribution is -0.154. The van der Waals surface area contributed by atoms with Gasteiger partial charge in [-0.05, 0) is 94.1 Å². The van der Waals surface area contributed by atoms with Crippen molar-refractivity contribution in [3.63, 3.8) is 0 Å². The molecule has 0 spiro atoms. The van der Waals surface area contributed by atoms with Crippen LogP contribution in [0.4, 0.5) is 0 Å². The maximum Gasteiger partial charge on any atom is 0.306 e. The maximum atomic E-state index is 12.7. The summed E-state index contributed by atoms with van der Waals surface area (Å²) < 4.78 is 30.0. The zero-order valence-corrected chi connectivity index (χ0v) is 58.2. The second kappa shape index (κ2) is 57.2. The lowest BCUT2D eigenvalue weighted by Crippen LogP contribution is -2.44. The standard InChI is InChI=1S/C47H84O4Si.C25H54O3Si/c1-8-10-12-14-16-18-20-22-24-25-26-27-28-29-31-33-35-37-39-41-46(48)51-45(44-50-52(6,7)47(3,4)5)43-49-42-40-38-36-34-32-30-23-21-19-17-15-13-11-9-2;1-7-8-9-10-11-12-13-14-15-16-17-18-19-20-21-27-22-24(26)23-28-29(5,6)25(2,3)4/h10,12,16,18,22,24,26-27,29,31,35,37,45H,8-9,11,13-15,17,19-21,23,25,28,30,32-34,36,38-44H2,1-7H3;24,26H,7-23H2,1-6H3/b12-10-,18-16-,24-22-,27-26-,31-29-,37-35-;. The smallest absolute Gasteiger partial charge is 0.306 e. The van der Waals surface area contributed by atoms with Crippen molar-refractivity contribution in [1.29, 1.82) is 0 Å². The van der Waals surface area contributed by atoms with E-state index in [-0.39, 0.29) is 22.1 Å². The number of unbranched alkanes of at least 4 members (excludes halogenated alkanes) is 26.